The van der Waals surface area contributed by atoms with E-state index in [1.165, 1.54) is 23.8 Å². The highest BCUT2D eigenvalue weighted by Gasteiger charge is 2.24. The molecule has 0 saturated heterocycles. The normalized spacial score (nSPS) is 11.8. The molecule has 0 aliphatic carbocycles. The van der Waals surface area contributed by atoms with E-state index in [0.717, 1.165) is 24.0 Å². The summed E-state index contributed by atoms with van der Waals surface area (Å²) in [6, 6.07) is 23.5. The molecule has 0 saturated carbocycles. The molecule has 0 spiro atoms. The fourth-order valence-corrected chi connectivity index (χ4v) is 4.67. The summed E-state index contributed by atoms with van der Waals surface area (Å²) < 4.78 is 15.1. The topological polar surface area (TPSA) is 104 Å². The van der Waals surface area contributed by atoms with Gasteiger partial charge in [0.25, 0.3) is 5.91 Å². The van der Waals surface area contributed by atoms with Gasteiger partial charge in [-0.1, -0.05) is 48.5 Å². The van der Waals surface area contributed by atoms with Gasteiger partial charge in [-0.05, 0) is 83.5 Å². The molecule has 3 N–H and O–H groups in total. The zero-order valence-electron chi connectivity index (χ0n) is 21.6. The van der Waals surface area contributed by atoms with Crippen LogP contribution in [0.1, 0.15) is 38.3 Å². The van der Waals surface area contributed by atoms with Crippen molar-refractivity contribution in [2.45, 2.75) is 31.7 Å². The monoisotopic (exact) mass is 537 g/mol. The summed E-state index contributed by atoms with van der Waals surface area (Å²) in [6.07, 6.45) is 5.48. The van der Waals surface area contributed by atoms with Crippen LogP contribution in [0.3, 0.4) is 0 Å². The van der Waals surface area contributed by atoms with Crippen molar-refractivity contribution in [2.24, 2.45) is 0 Å². The lowest BCUT2D eigenvalue weighted by molar-refractivity contribution is -0.139. The predicted molar refractivity (Wildman–Crippen MR) is 149 cm³/mol. The predicted octanol–water partition coefficient (Wildman–Crippen LogP) is 4.98. The van der Waals surface area contributed by atoms with Crippen molar-refractivity contribution in [2.75, 3.05) is 0 Å². The first kappa shape index (κ1) is 26.6. The number of phenolic OH excluding ortho intramolecular Hbond substituents is 1. The van der Waals surface area contributed by atoms with Crippen LogP contribution in [0.15, 0.2) is 97.3 Å². The SMILES string of the molecule is O=C(N[C@@H](Cc1ccc(O)cc1Cc1ccc(F)cc1)C(=O)O)c1cn2ccc(CCc3ccccc3)cc2n1. The number of aryl methyl sites for hydroxylation is 2. The van der Waals surface area contributed by atoms with Crippen LogP contribution in [0.4, 0.5) is 4.39 Å². The number of nitrogens with one attached hydrogen (secondary N) is 1. The molecule has 5 aromatic rings. The number of benzene rings is 3. The number of imidazole rings is 1. The van der Waals surface area contributed by atoms with Crippen LogP contribution < -0.4 is 5.32 Å². The second-order valence-electron chi connectivity index (χ2n) is 9.74. The Balaban J connectivity index is 1.29. The molecule has 0 unspecified atom stereocenters. The number of carboxylic acid groups (broad SMARTS) is 1. The Morgan fingerprint density at radius 2 is 1.62 bits per heavy atom. The molecule has 0 radical (unpaired) electrons. The number of hydrogen-bond donors (Lipinski definition) is 3. The zero-order chi connectivity index (χ0) is 28.1. The quantitative estimate of drug-likeness (QED) is 0.233. The summed E-state index contributed by atoms with van der Waals surface area (Å²) in [5.41, 5.74) is 5.16. The third kappa shape index (κ3) is 6.53. The Hall–Kier alpha value is -4.98. The molecule has 1 atom stereocenters. The number of aromatic hydroxyl groups is 1. The van der Waals surface area contributed by atoms with Crippen LogP contribution in [-0.2, 0) is 30.5 Å². The standard InChI is InChI=1S/C32H28FN3O4/c33-26-11-8-22(9-12-26)16-25-18-27(37)13-10-24(25)19-28(32(39)40)35-31(38)29-20-36-15-14-23(17-30(36)34-29)7-6-21-4-2-1-3-5-21/h1-5,8-15,17-18,20,28,37H,6-7,16,19H2,(H,35,38)(H,39,40)/t28-/m0/s1. The molecular formula is C32H28FN3O4. The van der Waals surface area contributed by atoms with Gasteiger partial charge in [0, 0.05) is 18.8 Å². The largest absolute Gasteiger partial charge is 0.508 e. The maximum atomic E-state index is 13.3. The maximum Gasteiger partial charge on any atom is 0.326 e. The Labute approximate surface area is 230 Å². The van der Waals surface area contributed by atoms with Crippen molar-refractivity contribution in [3.8, 4) is 5.75 Å². The molecule has 3 aromatic carbocycles. The second kappa shape index (κ2) is 11.8. The first-order valence-corrected chi connectivity index (χ1v) is 12.9. The van der Waals surface area contributed by atoms with E-state index in [9.17, 15) is 24.2 Å². The summed E-state index contributed by atoms with van der Waals surface area (Å²) in [6.45, 7) is 0. The molecular weight excluding hydrogens is 509 g/mol. The van der Waals surface area contributed by atoms with Gasteiger partial charge in [0.15, 0.2) is 0 Å². The summed E-state index contributed by atoms with van der Waals surface area (Å²) in [5, 5.41) is 22.5. The number of aromatic nitrogens is 2. The average Bonchev–Trinajstić information content (AvgIpc) is 3.38. The molecule has 7 nitrogen and oxygen atoms in total. The van der Waals surface area contributed by atoms with Crippen molar-refractivity contribution in [1.29, 1.82) is 0 Å². The van der Waals surface area contributed by atoms with Gasteiger partial charge in [0.1, 0.15) is 28.9 Å². The van der Waals surface area contributed by atoms with E-state index in [1.807, 2.05) is 36.5 Å². The Kier molecular flexibility index (Phi) is 7.87. The number of fused-ring (bicyclic) bond motifs is 1. The maximum absolute atomic E-state index is 13.3. The molecule has 5 rings (SSSR count). The van der Waals surface area contributed by atoms with E-state index < -0.39 is 17.9 Å². The van der Waals surface area contributed by atoms with Gasteiger partial charge < -0.3 is 19.9 Å². The minimum absolute atomic E-state index is 0.00507. The Bertz CT molecular complexity index is 1650. The third-order valence-corrected chi connectivity index (χ3v) is 6.83. The number of carbonyl (C=O) groups excluding carboxylic acids is 1. The molecule has 0 fully saturated rings. The lowest BCUT2D eigenvalue weighted by Crippen LogP contribution is -2.42. The van der Waals surface area contributed by atoms with Crippen molar-refractivity contribution in [1.82, 2.24) is 14.7 Å². The minimum atomic E-state index is -1.23. The lowest BCUT2D eigenvalue weighted by Gasteiger charge is -2.17. The van der Waals surface area contributed by atoms with Crippen LogP contribution in [0, 0.1) is 5.82 Å². The Morgan fingerprint density at radius 3 is 2.38 bits per heavy atom. The minimum Gasteiger partial charge on any atom is -0.508 e. The van der Waals surface area contributed by atoms with Gasteiger partial charge >= 0.3 is 5.97 Å². The van der Waals surface area contributed by atoms with E-state index >= 15 is 0 Å². The van der Waals surface area contributed by atoms with Gasteiger partial charge in [-0.25, -0.2) is 14.2 Å². The number of carboxylic acids is 1. The number of rotatable bonds is 10. The molecule has 2 aromatic heterocycles. The van der Waals surface area contributed by atoms with Crippen LogP contribution >= 0.6 is 0 Å². The van der Waals surface area contributed by atoms with Gasteiger partial charge in [-0.15, -0.1) is 0 Å². The van der Waals surface area contributed by atoms with Crippen molar-refractivity contribution < 1.29 is 24.2 Å². The van der Waals surface area contributed by atoms with Gasteiger partial charge in [-0.3, -0.25) is 4.79 Å². The number of aliphatic carboxylic acids is 1. The highest BCUT2D eigenvalue weighted by atomic mass is 19.1. The third-order valence-electron chi connectivity index (χ3n) is 6.83. The van der Waals surface area contributed by atoms with Gasteiger partial charge in [0.2, 0.25) is 0 Å². The highest BCUT2D eigenvalue weighted by Crippen LogP contribution is 2.22. The number of pyridine rings is 1. The Morgan fingerprint density at radius 1 is 0.875 bits per heavy atom. The lowest BCUT2D eigenvalue weighted by atomic mass is 9.95. The highest BCUT2D eigenvalue weighted by molar-refractivity contribution is 5.95. The molecule has 8 heteroatoms. The number of phenols is 1. The first-order chi connectivity index (χ1) is 19.3. The fourth-order valence-electron chi connectivity index (χ4n) is 4.67. The molecule has 0 aliphatic heterocycles. The van der Waals surface area contributed by atoms with Crippen molar-refractivity contribution >= 4 is 17.5 Å². The van der Waals surface area contributed by atoms with E-state index in [0.29, 0.717) is 23.2 Å². The van der Waals surface area contributed by atoms with Crippen LogP contribution in [0.25, 0.3) is 5.65 Å². The molecule has 2 heterocycles. The summed E-state index contributed by atoms with van der Waals surface area (Å²) >= 11 is 0. The molecule has 0 bridgehead atoms. The number of amides is 1. The molecule has 1 amide bonds. The van der Waals surface area contributed by atoms with Crippen molar-refractivity contribution in [3.63, 3.8) is 0 Å². The van der Waals surface area contributed by atoms with Gasteiger partial charge in [0.05, 0.1) is 0 Å². The van der Waals surface area contributed by atoms with E-state index in [-0.39, 0.29) is 23.7 Å². The van der Waals surface area contributed by atoms with E-state index in [2.05, 4.69) is 22.4 Å². The van der Waals surface area contributed by atoms with Crippen molar-refractivity contribution in [3.05, 3.63) is 137 Å². The first-order valence-electron chi connectivity index (χ1n) is 12.9. The van der Waals surface area contributed by atoms with Crippen LogP contribution in [0.2, 0.25) is 0 Å². The van der Waals surface area contributed by atoms with Gasteiger partial charge in [-0.2, -0.15) is 0 Å². The van der Waals surface area contributed by atoms with E-state index in [4.69, 9.17) is 0 Å². The fraction of sp³-hybridized carbons (Fsp3) is 0.156. The molecule has 202 valence electrons. The van der Waals surface area contributed by atoms with E-state index in [1.54, 1.807) is 34.9 Å². The molecule has 0 aliphatic rings. The zero-order valence-corrected chi connectivity index (χ0v) is 21.6. The number of hydrogen-bond acceptors (Lipinski definition) is 4. The number of halogens is 1. The number of carbonyl (C=O) groups is 2. The summed E-state index contributed by atoms with van der Waals surface area (Å²) in [4.78, 5) is 29.6. The number of nitrogens with zero attached hydrogens (tertiary/aromatic N) is 2. The smallest absolute Gasteiger partial charge is 0.326 e. The van der Waals surface area contributed by atoms with Crippen LogP contribution in [-0.4, -0.2) is 37.5 Å². The van der Waals surface area contributed by atoms with Crippen LogP contribution in [0.5, 0.6) is 5.75 Å². The summed E-state index contributed by atoms with van der Waals surface area (Å²) in [5.74, 6) is -2.12. The molecule has 40 heavy (non-hydrogen) atoms. The average molecular weight is 538 g/mol. The second-order valence-corrected chi connectivity index (χ2v) is 9.74. The summed E-state index contributed by atoms with van der Waals surface area (Å²) in [7, 11) is 0.